The van der Waals surface area contributed by atoms with Gasteiger partial charge in [0.05, 0.1) is 10.7 Å². The Kier molecular flexibility index (Phi) is 5.74. The maximum Gasteiger partial charge on any atom is 0.379 e. The van der Waals surface area contributed by atoms with E-state index in [1.165, 1.54) is 23.3 Å². The summed E-state index contributed by atoms with van der Waals surface area (Å²) >= 11 is 6.74. The summed E-state index contributed by atoms with van der Waals surface area (Å²) in [5, 5.41) is 2.29. The zero-order valence-electron chi connectivity index (χ0n) is 17.2. The van der Waals surface area contributed by atoms with Gasteiger partial charge in [0, 0.05) is 16.1 Å². The fourth-order valence-electron chi connectivity index (χ4n) is 4.99. The van der Waals surface area contributed by atoms with Crippen molar-refractivity contribution in [2.75, 3.05) is 0 Å². The van der Waals surface area contributed by atoms with Crippen molar-refractivity contribution in [2.45, 2.75) is 31.7 Å². The first-order valence-corrected chi connectivity index (χ1v) is 12.1. The number of carbonyl (C=O) groups is 4. The average Bonchev–Trinajstić information content (AvgIpc) is 3.51. The summed E-state index contributed by atoms with van der Waals surface area (Å²) in [6, 6.07) is 5.41. The van der Waals surface area contributed by atoms with Crippen molar-refractivity contribution < 1.29 is 28.3 Å². The van der Waals surface area contributed by atoms with Gasteiger partial charge in [0.2, 0.25) is 5.76 Å². The molecular formula is C23H18Br2N2O6. The fraction of sp³-hybridized carbons (Fsp3) is 0.304. The summed E-state index contributed by atoms with van der Waals surface area (Å²) in [6.45, 7) is 0. The van der Waals surface area contributed by atoms with Crippen molar-refractivity contribution in [3.63, 3.8) is 0 Å². The quantitative estimate of drug-likeness (QED) is 0.245. The van der Waals surface area contributed by atoms with Crippen LogP contribution < -0.4 is 10.1 Å². The number of hydrogen-bond acceptors (Lipinski definition) is 6. The number of amides is 4. The van der Waals surface area contributed by atoms with Crippen LogP contribution in [0.3, 0.4) is 0 Å². The molecule has 1 saturated heterocycles. The van der Waals surface area contributed by atoms with E-state index in [9.17, 15) is 19.2 Å². The average molecular weight is 578 g/mol. The van der Waals surface area contributed by atoms with Crippen LogP contribution in [0.2, 0.25) is 0 Å². The first-order valence-electron chi connectivity index (χ1n) is 10.5. The Morgan fingerprint density at radius 3 is 2.67 bits per heavy atom. The molecule has 0 radical (unpaired) electrons. The molecule has 4 amide bonds. The van der Waals surface area contributed by atoms with E-state index in [4.69, 9.17) is 9.15 Å². The highest BCUT2D eigenvalue weighted by molar-refractivity contribution is 9.11. The zero-order valence-corrected chi connectivity index (χ0v) is 20.3. The highest BCUT2D eigenvalue weighted by Crippen LogP contribution is 2.47. The number of hydrogen-bond donors (Lipinski definition) is 1. The lowest BCUT2D eigenvalue weighted by molar-refractivity contribution is -0.132. The van der Waals surface area contributed by atoms with Crippen LogP contribution >= 0.6 is 31.9 Å². The summed E-state index contributed by atoms with van der Waals surface area (Å²) < 4.78 is 11.6. The highest BCUT2D eigenvalue weighted by atomic mass is 79.9. The molecule has 2 aromatic rings. The molecule has 2 saturated carbocycles. The molecule has 170 valence electrons. The van der Waals surface area contributed by atoms with Crippen LogP contribution in [0, 0.1) is 11.8 Å². The summed E-state index contributed by atoms with van der Waals surface area (Å²) in [4.78, 5) is 52.2. The standard InChI is InChI=1S/C23H18Br2N2O6/c24-14-8-13(19(16(25)10-14)33-22(30)18-2-1-5-32-18)9-15-20(28)26-23(31)27(21(15)29)17-7-11-3-4-12(17)6-11/h1-2,5,8-12,17H,3-4,6-7H2,(H,26,28,31)/b15-9-/t11-,12-,17+/m0/s1. The number of imide groups is 2. The van der Waals surface area contributed by atoms with Crippen LogP contribution in [0.1, 0.15) is 41.8 Å². The molecule has 3 atom stereocenters. The van der Waals surface area contributed by atoms with E-state index >= 15 is 0 Å². The number of furan rings is 1. The van der Waals surface area contributed by atoms with E-state index in [0.717, 1.165) is 25.7 Å². The molecule has 1 aliphatic heterocycles. The number of nitrogens with one attached hydrogen (secondary N) is 1. The Morgan fingerprint density at radius 2 is 2.00 bits per heavy atom. The molecule has 10 heteroatoms. The minimum Gasteiger partial charge on any atom is -0.457 e. The van der Waals surface area contributed by atoms with Crippen molar-refractivity contribution in [3.8, 4) is 5.75 Å². The van der Waals surface area contributed by atoms with Crippen LogP contribution in [-0.4, -0.2) is 34.8 Å². The normalized spacial score (nSPS) is 25.6. The maximum atomic E-state index is 13.3. The van der Waals surface area contributed by atoms with Gasteiger partial charge in [0.1, 0.15) is 5.57 Å². The van der Waals surface area contributed by atoms with E-state index < -0.39 is 23.8 Å². The lowest BCUT2D eigenvalue weighted by Crippen LogP contribution is -2.58. The smallest absolute Gasteiger partial charge is 0.379 e. The Hall–Kier alpha value is -2.72. The molecule has 3 aliphatic rings. The molecule has 1 aromatic carbocycles. The van der Waals surface area contributed by atoms with Gasteiger partial charge in [-0.2, -0.15) is 0 Å². The van der Waals surface area contributed by atoms with Gasteiger partial charge in [-0.15, -0.1) is 0 Å². The predicted molar refractivity (Wildman–Crippen MR) is 123 cm³/mol. The molecular weight excluding hydrogens is 560 g/mol. The summed E-state index contributed by atoms with van der Waals surface area (Å²) in [7, 11) is 0. The molecule has 1 N–H and O–H groups in total. The van der Waals surface area contributed by atoms with Crippen molar-refractivity contribution in [3.05, 3.63) is 56.4 Å². The monoisotopic (exact) mass is 576 g/mol. The molecule has 8 nitrogen and oxygen atoms in total. The third kappa shape index (κ3) is 4.06. The zero-order chi connectivity index (χ0) is 23.3. The molecule has 2 heterocycles. The molecule has 2 bridgehead atoms. The van der Waals surface area contributed by atoms with Crippen LogP contribution in [0.15, 0.2) is 49.5 Å². The second-order valence-corrected chi connectivity index (χ2v) is 10.2. The number of barbiturate groups is 1. The second-order valence-electron chi connectivity index (χ2n) is 8.41. The molecule has 5 rings (SSSR count). The number of urea groups is 1. The predicted octanol–water partition coefficient (Wildman–Crippen LogP) is 4.67. The number of fused-ring (bicyclic) bond motifs is 2. The van der Waals surface area contributed by atoms with Crippen LogP contribution in [0.25, 0.3) is 6.08 Å². The van der Waals surface area contributed by atoms with Gasteiger partial charge in [0.25, 0.3) is 11.8 Å². The molecule has 1 aromatic heterocycles. The van der Waals surface area contributed by atoms with E-state index in [-0.39, 0.29) is 29.0 Å². The largest absolute Gasteiger partial charge is 0.457 e. The number of esters is 1. The SMILES string of the molecule is O=C1NC(=O)N([C@@H]2C[C@H]3CC[C@H]2C3)C(=O)/C1=C\c1cc(Br)cc(Br)c1OC(=O)c1ccco1. The van der Waals surface area contributed by atoms with Gasteiger partial charge in [-0.1, -0.05) is 22.4 Å². The van der Waals surface area contributed by atoms with E-state index in [1.54, 1.807) is 18.2 Å². The van der Waals surface area contributed by atoms with Crippen molar-refractivity contribution >= 4 is 61.8 Å². The van der Waals surface area contributed by atoms with Gasteiger partial charge in [-0.25, -0.2) is 9.59 Å². The lowest BCUT2D eigenvalue weighted by Gasteiger charge is -2.35. The number of rotatable bonds is 4. The van der Waals surface area contributed by atoms with Crippen molar-refractivity contribution in [1.29, 1.82) is 0 Å². The van der Waals surface area contributed by atoms with Gasteiger partial charge < -0.3 is 9.15 Å². The van der Waals surface area contributed by atoms with Gasteiger partial charge in [-0.05, 0) is 77.4 Å². The van der Waals surface area contributed by atoms with Crippen LogP contribution in [-0.2, 0) is 9.59 Å². The molecule has 0 unspecified atom stereocenters. The number of benzene rings is 1. The summed E-state index contributed by atoms with van der Waals surface area (Å²) in [6.07, 6.45) is 6.54. The Labute approximate surface area is 205 Å². The highest BCUT2D eigenvalue weighted by Gasteiger charge is 2.49. The molecule has 0 spiro atoms. The minimum absolute atomic E-state index is 0.00275. The van der Waals surface area contributed by atoms with E-state index in [2.05, 4.69) is 37.2 Å². The number of ether oxygens (including phenoxy) is 1. The summed E-state index contributed by atoms with van der Waals surface area (Å²) in [5.41, 5.74) is 0.106. The van der Waals surface area contributed by atoms with Crippen molar-refractivity contribution in [1.82, 2.24) is 10.2 Å². The van der Waals surface area contributed by atoms with E-state index in [0.29, 0.717) is 20.4 Å². The fourth-order valence-corrected chi connectivity index (χ4v) is 6.33. The summed E-state index contributed by atoms with van der Waals surface area (Å²) in [5.74, 6) is -1.27. The number of nitrogens with zero attached hydrogens (tertiary/aromatic N) is 1. The van der Waals surface area contributed by atoms with Crippen molar-refractivity contribution in [2.24, 2.45) is 11.8 Å². The Balaban J connectivity index is 1.51. The van der Waals surface area contributed by atoms with Gasteiger partial charge in [0.15, 0.2) is 5.75 Å². The molecule has 3 fully saturated rings. The number of halogens is 2. The van der Waals surface area contributed by atoms with Gasteiger partial charge >= 0.3 is 12.0 Å². The topological polar surface area (TPSA) is 106 Å². The molecule has 2 aliphatic carbocycles. The maximum absolute atomic E-state index is 13.3. The third-order valence-corrected chi connectivity index (χ3v) is 7.47. The lowest BCUT2D eigenvalue weighted by atomic mass is 9.93. The third-order valence-electron chi connectivity index (χ3n) is 6.42. The Bertz CT molecular complexity index is 1210. The minimum atomic E-state index is -0.788. The Morgan fingerprint density at radius 1 is 1.18 bits per heavy atom. The number of carbonyl (C=O) groups excluding carboxylic acids is 4. The first kappa shape index (κ1) is 22.1. The second kappa shape index (κ2) is 8.57. The first-order chi connectivity index (χ1) is 15.8. The molecule has 33 heavy (non-hydrogen) atoms. The van der Waals surface area contributed by atoms with Gasteiger partial charge in [-0.3, -0.25) is 19.8 Å². The van der Waals surface area contributed by atoms with Crippen LogP contribution in [0.4, 0.5) is 4.79 Å². The van der Waals surface area contributed by atoms with Crippen LogP contribution in [0.5, 0.6) is 5.75 Å². The van der Waals surface area contributed by atoms with E-state index in [1.807, 2.05) is 0 Å².